The van der Waals surface area contributed by atoms with Gasteiger partial charge in [0, 0.05) is 34.3 Å². The lowest BCUT2D eigenvalue weighted by Crippen LogP contribution is -2.36. The molecule has 0 saturated carbocycles. The molecule has 8 heteroatoms. The van der Waals surface area contributed by atoms with Gasteiger partial charge in [-0.3, -0.25) is 4.79 Å². The van der Waals surface area contributed by atoms with Gasteiger partial charge in [0.15, 0.2) is 17.3 Å². The lowest BCUT2D eigenvalue weighted by molar-refractivity contribution is -0.140. The van der Waals surface area contributed by atoms with Crippen LogP contribution in [0.2, 0.25) is 5.02 Å². The molecule has 0 radical (unpaired) electrons. The number of dihydropyridines is 1. The Hall–Kier alpha value is -2.77. The molecule has 4 rings (SSSR count). The number of carbonyl (C=O) groups is 2. The van der Waals surface area contributed by atoms with E-state index in [-0.39, 0.29) is 35.7 Å². The number of halogens is 2. The van der Waals surface area contributed by atoms with Crippen LogP contribution in [0.4, 0.5) is 0 Å². The molecule has 0 spiro atoms. The number of phenolic OH excluding ortho intramolecular Hbond substituents is 1. The van der Waals surface area contributed by atoms with Crippen LogP contribution in [-0.2, 0) is 14.3 Å². The zero-order valence-corrected chi connectivity index (χ0v) is 23.7. The maximum absolute atomic E-state index is 13.8. The summed E-state index contributed by atoms with van der Waals surface area (Å²) in [6.07, 6.45) is 0.923. The van der Waals surface area contributed by atoms with Crippen LogP contribution in [0.15, 0.2) is 63.4 Å². The second kappa shape index (κ2) is 11.3. The molecule has 1 heterocycles. The number of esters is 1. The maximum Gasteiger partial charge on any atom is 0.336 e. The number of benzene rings is 2. The van der Waals surface area contributed by atoms with Crippen molar-refractivity contribution in [1.82, 2.24) is 5.32 Å². The van der Waals surface area contributed by atoms with Crippen LogP contribution in [0.1, 0.15) is 63.5 Å². The highest BCUT2D eigenvalue weighted by Crippen LogP contribution is 2.48. The van der Waals surface area contributed by atoms with Gasteiger partial charge in [-0.2, -0.15) is 0 Å². The smallest absolute Gasteiger partial charge is 0.336 e. The van der Waals surface area contributed by atoms with Crippen molar-refractivity contribution in [1.29, 1.82) is 0 Å². The van der Waals surface area contributed by atoms with E-state index in [0.717, 1.165) is 11.3 Å². The minimum absolute atomic E-state index is 0.00977. The molecule has 0 saturated heterocycles. The number of ketones is 1. The first-order valence-electron chi connectivity index (χ1n) is 12.4. The number of aromatic hydroxyl groups is 1. The molecule has 2 aliphatic rings. The second-order valence-corrected chi connectivity index (χ2v) is 11.1. The number of carbonyl (C=O) groups excluding carboxylic acids is 2. The van der Waals surface area contributed by atoms with Gasteiger partial charge in [-0.1, -0.05) is 37.6 Å². The Kier molecular flexibility index (Phi) is 8.34. The summed E-state index contributed by atoms with van der Waals surface area (Å²) in [5.74, 6) is -0.764. The summed E-state index contributed by atoms with van der Waals surface area (Å²) >= 11 is 9.49. The first-order chi connectivity index (χ1) is 17.6. The van der Waals surface area contributed by atoms with Crippen molar-refractivity contribution in [2.24, 2.45) is 5.92 Å². The van der Waals surface area contributed by atoms with E-state index in [9.17, 15) is 14.7 Å². The van der Waals surface area contributed by atoms with Gasteiger partial charge in [0.1, 0.15) is 0 Å². The lowest BCUT2D eigenvalue weighted by Gasteiger charge is -2.37. The number of hydrogen-bond donors (Lipinski definition) is 2. The monoisotopic (exact) mass is 587 g/mol. The normalized spacial score (nSPS) is 19.6. The summed E-state index contributed by atoms with van der Waals surface area (Å²) in [4.78, 5) is 27.2. The molecule has 0 fully saturated rings. The standard InChI is InChI=1S/C29H31BrClNO5/c1-5-36-24-13-19(10-21(30)28(24)34)26-25(29(35)37-14-15(2)3)16(4)32-22-11-18(12-23(33)27(22)26)17-6-8-20(31)9-7-17/h6-10,13,15,18,26,32,34H,5,11-12,14H2,1-4H3. The Balaban J connectivity index is 1.82. The number of Topliss-reactive ketones (excluding diaryl/α,β-unsaturated/α-hetero) is 1. The van der Waals surface area contributed by atoms with Crippen LogP contribution in [-0.4, -0.2) is 30.1 Å². The van der Waals surface area contributed by atoms with E-state index in [1.807, 2.05) is 52.0 Å². The Morgan fingerprint density at radius 2 is 1.89 bits per heavy atom. The first kappa shape index (κ1) is 27.3. The van der Waals surface area contributed by atoms with Crippen LogP contribution in [0, 0.1) is 5.92 Å². The molecule has 2 aromatic rings. The fourth-order valence-electron chi connectivity index (χ4n) is 4.96. The van der Waals surface area contributed by atoms with Crippen molar-refractivity contribution < 1.29 is 24.2 Å². The third-order valence-electron chi connectivity index (χ3n) is 6.62. The van der Waals surface area contributed by atoms with E-state index in [2.05, 4.69) is 21.2 Å². The Labute approximate surface area is 230 Å². The van der Waals surface area contributed by atoms with Crippen LogP contribution < -0.4 is 10.1 Å². The van der Waals surface area contributed by atoms with Crippen molar-refractivity contribution in [3.05, 3.63) is 79.6 Å². The topological polar surface area (TPSA) is 84.9 Å². The molecule has 1 aliphatic carbocycles. The second-order valence-electron chi connectivity index (χ2n) is 9.84. The Bertz CT molecular complexity index is 1280. The number of rotatable bonds is 7. The van der Waals surface area contributed by atoms with E-state index >= 15 is 0 Å². The number of phenols is 1. The zero-order chi connectivity index (χ0) is 26.9. The van der Waals surface area contributed by atoms with Crippen LogP contribution in [0.3, 0.4) is 0 Å². The molecule has 2 atom stereocenters. The highest BCUT2D eigenvalue weighted by Gasteiger charge is 2.42. The predicted molar refractivity (Wildman–Crippen MR) is 147 cm³/mol. The average Bonchev–Trinajstić information content (AvgIpc) is 2.84. The van der Waals surface area contributed by atoms with E-state index in [1.165, 1.54) is 0 Å². The summed E-state index contributed by atoms with van der Waals surface area (Å²) < 4.78 is 11.7. The molecule has 6 nitrogen and oxygen atoms in total. The quantitative estimate of drug-likeness (QED) is 0.347. The van der Waals surface area contributed by atoms with Crippen LogP contribution in [0.5, 0.6) is 11.5 Å². The summed E-state index contributed by atoms with van der Waals surface area (Å²) in [7, 11) is 0. The van der Waals surface area contributed by atoms with Crippen molar-refractivity contribution in [2.45, 2.75) is 52.4 Å². The van der Waals surface area contributed by atoms with Crippen molar-refractivity contribution in [2.75, 3.05) is 13.2 Å². The van der Waals surface area contributed by atoms with Crippen molar-refractivity contribution in [3.63, 3.8) is 0 Å². The molecule has 1 aliphatic heterocycles. The fourth-order valence-corrected chi connectivity index (χ4v) is 5.55. The van der Waals surface area contributed by atoms with Gasteiger partial charge in [0.2, 0.25) is 0 Å². The Morgan fingerprint density at radius 3 is 2.54 bits per heavy atom. The highest BCUT2D eigenvalue weighted by molar-refractivity contribution is 9.10. The third kappa shape index (κ3) is 5.73. The van der Waals surface area contributed by atoms with E-state index in [1.54, 1.807) is 12.1 Å². The molecule has 0 amide bonds. The van der Waals surface area contributed by atoms with E-state index in [0.29, 0.717) is 51.4 Å². The van der Waals surface area contributed by atoms with E-state index in [4.69, 9.17) is 21.1 Å². The van der Waals surface area contributed by atoms with Crippen LogP contribution >= 0.6 is 27.5 Å². The molecular formula is C29H31BrClNO5. The molecule has 0 bridgehead atoms. The van der Waals surface area contributed by atoms with Crippen molar-refractivity contribution in [3.8, 4) is 11.5 Å². The van der Waals surface area contributed by atoms with Crippen molar-refractivity contribution >= 4 is 39.3 Å². The minimum Gasteiger partial charge on any atom is -0.503 e. The fraction of sp³-hybridized carbons (Fsp3) is 0.379. The molecule has 37 heavy (non-hydrogen) atoms. The van der Waals surface area contributed by atoms with Gasteiger partial charge in [-0.15, -0.1) is 0 Å². The van der Waals surface area contributed by atoms with Gasteiger partial charge in [0.05, 0.1) is 23.3 Å². The highest BCUT2D eigenvalue weighted by atomic mass is 79.9. The number of nitrogens with one attached hydrogen (secondary N) is 1. The summed E-state index contributed by atoms with van der Waals surface area (Å²) in [6.45, 7) is 8.22. The number of allylic oxidation sites excluding steroid dienone is 3. The molecular weight excluding hydrogens is 558 g/mol. The molecule has 2 unspecified atom stereocenters. The summed E-state index contributed by atoms with van der Waals surface area (Å²) in [5.41, 5.74) is 4.07. The molecule has 196 valence electrons. The molecule has 0 aromatic heterocycles. The average molecular weight is 589 g/mol. The first-order valence-corrected chi connectivity index (χ1v) is 13.6. The molecule has 2 N–H and O–H groups in total. The van der Waals surface area contributed by atoms with Gasteiger partial charge >= 0.3 is 5.97 Å². The number of ether oxygens (including phenoxy) is 2. The Morgan fingerprint density at radius 1 is 1.19 bits per heavy atom. The SMILES string of the molecule is CCOc1cc(C2C(C(=O)OCC(C)C)=C(C)NC3=C2C(=O)CC(c2ccc(Cl)cc2)C3)cc(Br)c1O. The van der Waals surface area contributed by atoms with Gasteiger partial charge in [0.25, 0.3) is 0 Å². The van der Waals surface area contributed by atoms with Gasteiger partial charge in [-0.05, 0) is 83.4 Å². The van der Waals surface area contributed by atoms with Gasteiger partial charge in [-0.25, -0.2) is 4.79 Å². The number of hydrogen-bond acceptors (Lipinski definition) is 6. The zero-order valence-electron chi connectivity index (χ0n) is 21.4. The van der Waals surface area contributed by atoms with E-state index < -0.39 is 11.9 Å². The van der Waals surface area contributed by atoms with Crippen LogP contribution in [0.25, 0.3) is 0 Å². The molecule has 2 aromatic carbocycles. The minimum atomic E-state index is -0.661. The predicted octanol–water partition coefficient (Wildman–Crippen LogP) is 6.77. The summed E-state index contributed by atoms with van der Waals surface area (Å²) in [6, 6.07) is 11.0. The van der Waals surface area contributed by atoms with Gasteiger partial charge < -0.3 is 19.9 Å². The largest absolute Gasteiger partial charge is 0.503 e. The lowest BCUT2D eigenvalue weighted by atomic mass is 9.71. The third-order valence-corrected chi connectivity index (χ3v) is 7.48. The summed E-state index contributed by atoms with van der Waals surface area (Å²) in [5, 5.41) is 14.5. The maximum atomic E-state index is 13.8.